The molecule has 0 spiro atoms. The summed E-state index contributed by atoms with van der Waals surface area (Å²) in [7, 11) is 1.20. The molecule has 0 radical (unpaired) electrons. The molecular formula is C10H24N2O2S. The first-order valence-corrected chi connectivity index (χ1v) is 7.30. The van der Waals surface area contributed by atoms with Crippen LogP contribution in [0.15, 0.2) is 0 Å². The molecule has 4 nitrogen and oxygen atoms in total. The Morgan fingerprint density at radius 3 is 2.33 bits per heavy atom. The van der Waals surface area contributed by atoms with Crippen molar-refractivity contribution in [3.8, 4) is 0 Å². The van der Waals surface area contributed by atoms with Gasteiger partial charge in [0.2, 0.25) is 0 Å². The zero-order valence-corrected chi connectivity index (χ0v) is 10.9. The van der Waals surface area contributed by atoms with E-state index in [4.69, 9.17) is 5.73 Å². The molecule has 0 heterocycles. The lowest BCUT2D eigenvalue weighted by molar-refractivity contribution is 0.374. The molecule has 2 N–H and O–H groups in total. The zero-order chi connectivity index (χ0) is 11.9. The third kappa shape index (κ3) is 8.84. The van der Waals surface area contributed by atoms with Crippen molar-refractivity contribution in [2.45, 2.75) is 32.2 Å². The van der Waals surface area contributed by atoms with Crippen molar-refractivity contribution < 1.29 is 8.42 Å². The summed E-state index contributed by atoms with van der Waals surface area (Å²) >= 11 is 0. The van der Waals surface area contributed by atoms with E-state index in [1.165, 1.54) is 0 Å². The highest BCUT2D eigenvalue weighted by Gasteiger charge is 2.09. The molecule has 92 valence electrons. The van der Waals surface area contributed by atoms with E-state index in [0.29, 0.717) is 6.42 Å². The Kier molecular flexibility index (Phi) is 7.13. The van der Waals surface area contributed by atoms with Crippen LogP contribution in [-0.4, -0.2) is 51.5 Å². The molecule has 0 aliphatic rings. The van der Waals surface area contributed by atoms with E-state index in [1.54, 1.807) is 6.92 Å². The maximum absolute atomic E-state index is 11.2. The van der Waals surface area contributed by atoms with Gasteiger partial charge >= 0.3 is 0 Å². The first kappa shape index (κ1) is 14.9. The summed E-state index contributed by atoms with van der Waals surface area (Å²) in [5.74, 6) is 0.513. The normalized spacial score (nSPS) is 14.5. The van der Waals surface area contributed by atoms with Gasteiger partial charge in [0.1, 0.15) is 9.84 Å². The second-order valence-electron chi connectivity index (χ2n) is 4.23. The maximum atomic E-state index is 11.2. The highest BCUT2D eigenvalue weighted by atomic mass is 32.2. The summed E-state index contributed by atoms with van der Waals surface area (Å²) in [6.07, 6.45) is 2.41. The van der Waals surface area contributed by atoms with Gasteiger partial charge in [0.25, 0.3) is 0 Å². The molecule has 0 saturated heterocycles. The van der Waals surface area contributed by atoms with Gasteiger partial charge in [-0.2, -0.15) is 0 Å². The summed E-state index contributed by atoms with van der Waals surface area (Å²) in [6.45, 7) is 2.64. The van der Waals surface area contributed by atoms with E-state index < -0.39 is 9.84 Å². The van der Waals surface area contributed by atoms with Crippen molar-refractivity contribution in [1.82, 2.24) is 4.90 Å². The minimum absolute atomic E-state index is 0.124. The zero-order valence-electron chi connectivity index (χ0n) is 10.1. The molecule has 1 atom stereocenters. The van der Waals surface area contributed by atoms with Crippen molar-refractivity contribution in [3.63, 3.8) is 0 Å². The van der Waals surface area contributed by atoms with E-state index in [1.807, 2.05) is 14.1 Å². The summed E-state index contributed by atoms with van der Waals surface area (Å²) in [6, 6.07) is 0.124. The minimum atomic E-state index is -2.81. The molecule has 0 saturated carbocycles. The van der Waals surface area contributed by atoms with Gasteiger partial charge in [-0.1, -0.05) is 6.92 Å². The fourth-order valence-corrected chi connectivity index (χ4v) is 2.17. The maximum Gasteiger partial charge on any atom is 0.150 e. The van der Waals surface area contributed by atoms with Crippen LogP contribution in [0, 0.1) is 0 Å². The third-order valence-corrected chi connectivity index (χ3v) is 4.21. The average Bonchev–Trinajstić information content (AvgIpc) is 2.14. The molecule has 0 aromatic carbocycles. The summed E-state index contributed by atoms with van der Waals surface area (Å²) in [5, 5.41) is 0. The van der Waals surface area contributed by atoms with Gasteiger partial charge in [-0.05, 0) is 39.9 Å². The van der Waals surface area contributed by atoms with Gasteiger partial charge in [0.05, 0.1) is 5.75 Å². The lowest BCUT2D eigenvalue weighted by Crippen LogP contribution is -2.26. The number of hydrogen-bond acceptors (Lipinski definition) is 4. The van der Waals surface area contributed by atoms with Crippen molar-refractivity contribution >= 4 is 9.84 Å². The molecule has 0 aliphatic heterocycles. The van der Waals surface area contributed by atoms with E-state index in [-0.39, 0.29) is 17.5 Å². The average molecular weight is 236 g/mol. The molecule has 0 bridgehead atoms. The summed E-state index contributed by atoms with van der Waals surface area (Å²) in [5.41, 5.74) is 5.87. The predicted molar refractivity (Wildman–Crippen MR) is 64.7 cm³/mol. The molecule has 0 aromatic rings. The number of rotatable bonds is 8. The first-order chi connectivity index (χ1) is 6.87. The predicted octanol–water partition coefficient (Wildman–Crippen LogP) is 0.480. The molecule has 5 heteroatoms. The Hall–Kier alpha value is -0.130. The Morgan fingerprint density at radius 2 is 1.87 bits per heavy atom. The van der Waals surface area contributed by atoms with E-state index in [2.05, 4.69) is 4.90 Å². The smallest absolute Gasteiger partial charge is 0.150 e. The van der Waals surface area contributed by atoms with Gasteiger partial charge in [-0.15, -0.1) is 0 Å². The van der Waals surface area contributed by atoms with Crippen LogP contribution < -0.4 is 5.73 Å². The summed E-state index contributed by atoms with van der Waals surface area (Å²) in [4.78, 5) is 2.09. The summed E-state index contributed by atoms with van der Waals surface area (Å²) < 4.78 is 22.4. The number of nitrogens with two attached hydrogens (primary N) is 1. The van der Waals surface area contributed by atoms with Gasteiger partial charge in [-0.25, -0.2) is 8.42 Å². The Morgan fingerprint density at radius 1 is 1.27 bits per heavy atom. The first-order valence-electron chi connectivity index (χ1n) is 5.48. The molecule has 0 aromatic heterocycles. The molecule has 15 heavy (non-hydrogen) atoms. The SMILES string of the molecule is CCS(=O)(=O)CCCC(N)CCN(C)C. The van der Waals surface area contributed by atoms with Crippen LogP contribution in [0.25, 0.3) is 0 Å². The molecule has 1 unspecified atom stereocenters. The lowest BCUT2D eigenvalue weighted by Gasteiger charge is -2.14. The van der Waals surface area contributed by atoms with E-state index in [0.717, 1.165) is 19.4 Å². The van der Waals surface area contributed by atoms with Gasteiger partial charge in [-0.3, -0.25) is 0 Å². The van der Waals surface area contributed by atoms with Crippen molar-refractivity contribution in [2.75, 3.05) is 32.1 Å². The number of hydrogen-bond donors (Lipinski definition) is 1. The lowest BCUT2D eigenvalue weighted by atomic mass is 10.1. The van der Waals surface area contributed by atoms with Crippen LogP contribution in [0.3, 0.4) is 0 Å². The van der Waals surface area contributed by atoms with Gasteiger partial charge in [0.15, 0.2) is 0 Å². The largest absolute Gasteiger partial charge is 0.328 e. The molecular weight excluding hydrogens is 212 g/mol. The molecule has 0 aliphatic carbocycles. The topological polar surface area (TPSA) is 63.4 Å². The fraction of sp³-hybridized carbons (Fsp3) is 1.00. The van der Waals surface area contributed by atoms with Crippen molar-refractivity contribution in [2.24, 2.45) is 5.73 Å². The minimum Gasteiger partial charge on any atom is -0.328 e. The number of sulfone groups is 1. The molecule has 0 fully saturated rings. The Labute approximate surface area is 93.7 Å². The molecule has 0 amide bonds. The van der Waals surface area contributed by atoms with E-state index in [9.17, 15) is 8.42 Å². The van der Waals surface area contributed by atoms with Gasteiger partial charge < -0.3 is 10.6 Å². The van der Waals surface area contributed by atoms with Crippen molar-refractivity contribution in [1.29, 1.82) is 0 Å². The van der Waals surface area contributed by atoms with Crippen molar-refractivity contribution in [3.05, 3.63) is 0 Å². The highest BCUT2D eigenvalue weighted by molar-refractivity contribution is 7.91. The molecule has 0 rings (SSSR count). The van der Waals surface area contributed by atoms with Crippen LogP contribution in [-0.2, 0) is 9.84 Å². The van der Waals surface area contributed by atoms with Crippen LogP contribution in [0.1, 0.15) is 26.2 Å². The Bertz CT molecular complexity index is 250. The quantitative estimate of drug-likeness (QED) is 0.666. The van der Waals surface area contributed by atoms with E-state index >= 15 is 0 Å². The monoisotopic (exact) mass is 236 g/mol. The van der Waals surface area contributed by atoms with Crippen LogP contribution in [0.5, 0.6) is 0 Å². The van der Waals surface area contributed by atoms with Crippen LogP contribution in [0.4, 0.5) is 0 Å². The highest BCUT2D eigenvalue weighted by Crippen LogP contribution is 2.03. The van der Waals surface area contributed by atoms with Crippen LogP contribution >= 0.6 is 0 Å². The second kappa shape index (κ2) is 7.19. The Balaban J connectivity index is 3.59. The third-order valence-electron chi connectivity index (χ3n) is 2.42. The number of nitrogens with zero attached hydrogens (tertiary/aromatic N) is 1. The standard InChI is InChI=1S/C10H24N2O2S/c1-4-15(13,14)9-5-6-10(11)7-8-12(2)3/h10H,4-9,11H2,1-3H3. The van der Waals surface area contributed by atoms with Crippen LogP contribution in [0.2, 0.25) is 0 Å². The fourth-order valence-electron chi connectivity index (χ4n) is 1.28. The second-order valence-corrected chi connectivity index (χ2v) is 6.70. The van der Waals surface area contributed by atoms with Gasteiger partial charge in [0, 0.05) is 11.8 Å².